The Balaban J connectivity index is 2.25. The summed E-state index contributed by atoms with van der Waals surface area (Å²) in [5, 5.41) is 6.44. The van der Waals surface area contributed by atoms with Crippen molar-refractivity contribution < 1.29 is 13.2 Å². The van der Waals surface area contributed by atoms with Crippen LogP contribution in [0.3, 0.4) is 0 Å². The Labute approximate surface area is 145 Å². The molecule has 0 aromatic heterocycles. The lowest BCUT2D eigenvalue weighted by Gasteiger charge is -2.17. The van der Waals surface area contributed by atoms with Crippen molar-refractivity contribution in [2.75, 3.05) is 45.4 Å². The molecule has 0 saturated carbocycles. The molecule has 2 N–H and O–H groups in total. The summed E-state index contributed by atoms with van der Waals surface area (Å²) < 4.78 is 27.2. The molecular formula is C17H29N3O3S. The van der Waals surface area contributed by atoms with Gasteiger partial charge in [-0.3, -0.25) is 4.99 Å². The van der Waals surface area contributed by atoms with Gasteiger partial charge in [0.05, 0.1) is 19.0 Å². The first-order valence-corrected chi connectivity index (χ1v) is 10.1. The highest BCUT2D eigenvalue weighted by molar-refractivity contribution is 7.90. The van der Waals surface area contributed by atoms with Crippen LogP contribution in [-0.2, 0) is 14.6 Å². The van der Waals surface area contributed by atoms with Crippen LogP contribution >= 0.6 is 0 Å². The maximum absolute atomic E-state index is 11.0. The summed E-state index contributed by atoms with van der Waals surface area (Å²) in [5.41, 5.74) is 2.55. The summed E-state index contributed by atoms with van der Waals surface area (Å²) in [6, 6.07) is 8.49. The second-order valence-electron chi connectivity index (χ2n) is 5.94. The Hall–Kier alpha value is -1.60. The summed E-state index contributed by atoms with van der Waals surface area (Å²) >= 11 is 0. The van der Waals surface area contributed by atoms with Gasteiger partial charge in [0.15, 0.2) is 5.96 Å². The maximum atomic E-state index is 11.0. The minimum Gasteiger partial charge on any atom is -0.379 e. The number of hydrogen-bond acceptors (Lipinski definition) is 4. The molecule has 0 heterocycles. The van der Waals surface area contributed by atoms with Gasteiger partial charge in [0.2, 0.25) is 0 Å². The maximum Gasteiger partial charge on any atom is 0.191 e. The number of ether oxygens (including phenoxy) is 1. The summed E-state index contributed by atoms with van der Waals surface area (Å²) in [6.45, 7) is 6.26. The van der Waals surface area contributed by atoms with Crippen molar-refractivity contribution in [1.82, 2.24) is 10.6 Å². The quantitative estimate of drug-likeness (QED) is 0.397. The molecular weight excluding hydrogens is 326 g/mol. The highest BCUT2D eigenvalue weighted by Crippen LogP contribution is 2.15. The van der Waals surface area contributed by atoms with Crippen molar-refractivity contribution in [2.24, 2.45) is 4.99 Å². The molecule has 24 heavy (non-hydrogen) atoms. The van der Waals surface area contributed by atoms with Crippen LogP contribution in [0.4, 0.5) is 0 Å². The smallest absolute Gasteiger partial charge is 0.191 e. The molecule has 0 saturated heterocycles. The van der Waals surface area contributed by atoms with Crippen LogP contribution in [0.2, 0.25) is 0 Å². The van der Waals surface area contributed by atoms with E-state index in [1.807, 2.05) is 0 Å². The van der Waals surface area contributed by atoms with E-state index in [1.165, 1.54) is 17.4 Å². The molecule has 0 radical (unpaired) electrons. The Kier molecular flexibility index (Phi) is 8.78. The third kappa shape index (κ3) is 8.88. The minimum absolute atomic E-state index is 0.0496. The van der Waals surface area contributed by atoms with Gasteiger partial charge in [-0.05, 0) is 18.4 Å². The first-order valence-electron chi connectivity index (χ1n) is 8.08. The molecule has 1 atom stereocenters. The lowest BCUT2D eigenvalue weighted by Crippen LogP contribution is -2.40. The Morgan fingerprint density at radius 2 is 2.04 bits per heavy atom. The van der Waals surface area contributed by atoms with E-state index in [2.05, 4.69) is 53.7 Å². The van der Waals surface area contributed by atoms with E-state index in [0.29, 0.717) is 25.0 Å². The monoisotopic (exact) mass is 355 g/mol. The average Bonchev–Trinajstić information content (AvgIpc) is 2.52. The number of rotatable bonds is 9. The van der Waals surface area contributed by atoms with Crippen LogP contribution in [0.25, 0.3) is 0 Å². The van der Waals surface area contributed by atoms with Gasteiger partial charge in [-0.15, -0.1) is 0 Å². The zero-order valence-electron chi connectivity index (χ0n) is 15.0. The highest BCUT2D eigenvalue weighted by Gasteiger charge is 2.07. The number of hydrogen-bond donors (Lipinski definition) is 2. The van der Waals surface area contributed by atoms with Crippen LogP contribution in [0.5, 0.6) is 0 Å². The molecule has 1 aromatic carbocycles. The van der Waals surface area contributed by atoms with Gasteiger partial charge in [0, 0.05) is 26.4 Å². The fourth-order valence-corrected chi connectivity index (χ4v) is 2.54. The van der Waals surface area contributed by atoms with Crippen molar-refractivity contribution in [2.45, 2.75) is 19.8 Å². The van der Waals surface area contributed by atoms with Gasteiger partial charge in [-0.25, -0.2) is 8.42 Å². The summed E-state index contributed by atoms with van der Waals surface area (Å²) in [6.07, 6.45) is 1.20. The number of guanidine groups is 1. The average molecular weight is 356 g/mol. The SMILES string of the molecule is CN=C(NCCOCCS(C)(=O)=O)NCC(C)c1cccc(C)c1. The molecule has 0 fully saturated rings. The number of benzene rings is 1. The highest BCUT2D eigenvalue weighted by atomic mass is 32.2. The van der Waals surface area contributed by atoms with E-state index in [0.717, 1.165) is 6.54 Å². The van der Waals surface area contributed by atoms with Crippen LogP contribution < -0.4 is 10.6 Å². The molecule has 1 unspecified atom stereocenters. The molecule has 0 aliphatic carbocycles. The van der Waals surface area contributed by atoms with Crippen molar-refractivity contribution in [3.05, 3.63) is 35.4 Å². The van der Waals surface area contributed by atoms with Crippen LogP contribution in [-0.4, -0.2) is 59.7 Å². The molecule has 0 aliphatic heterocycles. The summed E-state index contributed by atoms with van der Waals surface area (Å²) in [7, 11) is -1.24. The second kappa shape index (κ2) is 10.3. The molecule has 6 nitrogen and oxygen atoms in total. The predicted molar refractivity (Wildman–Crippen MR) is 99.5 cm³/mol. The predicted octanol–water partition coefficient (Wildman–Crippen LogP) is 1.32. The first-order chi connectivity index (χ1) is 11.3. The zero-order valence-corrected chi connectivity index (χ0v) is 15.8. The molecule has 1 rings (SSSR count). The van der Waals surface area contributed by atoms with Crippen molar-refractivity contribution in [3.63, 3.8) is 0 Å². The number of nitrogens with zero attached hydrogens (tertiary/aromatic N) is 1. The lowest BCUT2D eigenvalue weighted by molar-refractivity contribution is 0.154. The molecule has 7 heteroatoms. The number of nitrogens with one attached hydrogen (secondary N) is 2. The summed E-state index contributed by atoms with van der Waals surface area (Å²) in [5.74, 6) is 1.13. The topological polar surface area (TPSA) is 79.8 Å². The fraction of sp³-hybridized carbons (Fsp3) is 0.588. The van der Waals surface area contributed by atoms with E-state index in [1.54, 1.807) is 7.05 Å². The van der Waals surface area contributed by atoms with Crippen LogP contribution in [0.15, 0.2) is 29.3 Å². The molecule has 0 spiro atoms. The normalized spacial score (nSPS) is 13.6. The minimum atomic E-state index is -2.96. The van der Waals surface area contributed by atoms with E-state index in [-0.39, 0.29) is 12.4 Å². The van der Waals surface area contributed by atoms with Gasteiger partial charge in [0.25, 0.3) is 0 Å². The van der Waals surface area contributed by atoms with Gasteiger partial charge < -0.3 is 15.4 Å². The Bertz CT molecular complexity index is 630. The van der Waals surface area contributed by atoms with E-state index < -0.39 is 9.84 Å². The fourth-order valence-electron chi connectivity index (χ4n) is 2.12. The van der Waals surface area contributed by atoms with E-state index in [4.69, 9.17) is 4.74 Å². The van der Waals surface area contributed by atoms with Crippen molar-refractivity contribution in [3.8, 4) is 0 Å². The second-order valence-corrected chi connectivity index (χ2v) is 8.20. The van der Waals surface area contributed by atoms with Gasteiger partial charge in [-0.1, -0.05) is 36.8 Å². The molecule has 1 aromatic rings. The van der Waals surface area contributed by atoms with E-state index >= 15 is 0 Å². The standard InChI is InChI=1S/C17H29N3O3S/c1-14-6-5-7-16(12-14)15(2)13-20-17(18-3)19-8-9-23-10-11-24(4,21)22/h5-7,12,15H,8-11,13H2,1-4H3,(H2,18,19,20). The molecule has 136 valence electrons. The van der Waals surface area contributed by atoms with Crippen LogP contribution in [0.1, 0.15) is 24.0 Å². The number of sulfone groups is 1. The number of aryl methyl sites for hydroxylation is 1. The van der Waals surface area contributed by atoms with Crippen LogP contribution in [0, 0.1) is 6.92 Å². The lowest BCUT2D eigenvalue weighted by atomic mass is 9.99. The first kappa shape index (κ1) is 20.4. The third-order valence-electron chi connectivity index (χ3n) is 3.55. The van der Waals surface area contributed by atoms with Gasteiger partial charge >= 0.3 is 0 Å². The Morgan fingerprint density at radius 1 is 1.29 bits per heavy atom. The molecule has 0 bridgehead atoms. The largest absolute Gasteiger partial charge is 0.379 e. The zero-order chi connectivity index (χ0) is 18.0. The van der Waals surface area contributed by atoms with Gasteiger partial charge in [0.1, 0.15) is 9.84 Å². The number of aliphatic imine (C=N–C) groups is 1. The summed E-state index contributed by atoms with van der Waals surface area (Å²) in [4.78, 5) is 4.17. The van der Waals surface area contributed by atoms with Crippen molar-refractivity contribution in [1.29, 1.82) is 0 Å². The Morgan fingerprint density at radius 3 is 2.67 bits per heavy atom. The molecule has 0 aliphatic rings. The van der Waals surface area contributed by atoms with Crippen molar-refractivity contribution >= 4 is 15.8 Å². The van der Waals surface area contributed by atoms with E-state index in [9.17, 15) is 8.42 Å². The third-order valence-corrected chi connectivity index (χ3v) is 4.46. The van der Waals surface area contributed by atoms with Gasteiger partial charge in [-0.2, -0.15) is 0 Å². The molecule has 0 amide bonds.